The molecule has 2 rings (SSSR count). The monoisotopic (exact) mass is 251 g/mol. The average Bonchev–Trinajstić information content (AvgIpc) is 2.27. The standard InChI is InChI=1S/C15H22ClN/c1-10-7-11(2)9-12(8-10)15(17)13-5-3-4-6-14(13)16/h3-6,10-12,15H,7-9,17H2,1-2H3. The second-order valence-corrected chi connectivity index (χ2v) is 6.13. The van der Waals surface area contributed by atoms with Gasteiger partial charge in [0, 0.05) is 11.1 Å². The van der Waals surface area contributed by atoms with E-state index in [1.165, 1.54) is 19.3 Å². The number of rotatable bonds is 2. The van der Waals surface area contributed by atoms with Gasteiger partial charge in [-0.3, -0.25) is 0 Å². The van der Waals surface area contributed by atoms with Crippen LogP contribution in [0.1, 0.15) is 44.7 Å². The summed E-state index contributed by atoms with van der Waals surface area (Å²) in [7, 11) is 0. The molecule has 3 atom stereocenters. The number of hydrogen-bond donors (Lipinski definition) is 1. The topological polar surface area (TPSA) is 26.0 Å². The van der Waals surface area contributed by atoms with Crippen molar-refractivity contribution in [1.82, 2.24) is 0 Å². The van der Waals surface area contributed by atoms with Gasteiger partial charge in [-0.1, -0.05) is 43.6 Å². The van der Waals surface area contributed by atoms with Crippen molar-refractivity contribution in [3.05, 3.63) is 34.9 Å². The Morgan fingerprint density at radius 1 is 1.12 bits per heavy atom. The minimum absolute atomic E-state index is 0.0916. The molecule has 0 bridgehead atoms. The molecule has 0 saturated heterocycles. The summed E-state index contributed by atoms with van der Waals surface area (Å²) >= 11 is 6.23. The highest BCUT2D eigenvalue weighted by atomic mass is 35.5. The second-order valence-electron chi connectivity index (χ2n) is 5.72. The van der Waals surface area contributed by atoms with E-state index in [0.29, 0.717) is 5.92 Å². The summed E-state index contributed by atoms with van der Waals surface area (Å²) < 4.78 is 0. The van der Waals surface area contributed by atoms with Crippen LogP contribution < -0.4 is 5.73 Å². The molecule has 1 fully saturated rings. The zero-order valence-corrected chi connectivity index (χ0v) is 11.5. The van der Waals surface area contributed by atoms with Gasteiger partial charge in [0.25, 0.3) is 0 Å². The SMILES string of the molecule is CC1CC(C)CC(C(N)c2ccccc2Cl)C1. The van der Waals surface area contributed by atoms with Crippen molar-refractivity contribution < 1.29 is 0 Å². The number of halogens is 1. The van der Waals surface area contributed by atoms with Crippen molar-refractivity contribution in [2.45, 2.75) is 39.2 Å². The fourth-order valence-electron chi connectivity index (χ4n) is 3.30. The van der Waals surface area contributed by atoms with Crippen LogP contribution in [0.3, 0.4) is 0 Å². The first-order valence-corrected chi connectivity index (χ1v) is 6.95. The summed E-state index contributed by atoms with van der Waals surface area (Å²) in [4.78, 5) is 0. The molecule has 1 aromatic rings. The molecule has 0 amide bonds. The Bertz CT molecular complexity index is 367. The van der Waals surface area contributed by atoms with Crippen LogP contribution in [0.15, 0.2) is 24.3 Å². The van der Waals surface area contributed by atoms with Crippen molar-refractivity contribution in [2.24, 2.45) is 23.5 Å². The van der Waals surface area contributed by atoms with Gasteiger partial charge in [0.15, 0.2) is 0 Å². The largest absolute Gasteiger partial charge is 0.324 e. The van der Waals surface area contributed by atoms with Crippen molar-refractivity contribution in [2.75, 3.05) is 0 Å². The average molecular weight is 252 g/mol. The van der Waals surface area contributed by atoms with Crippen molar-refractivity contribution in [3.8, 4) is 0 Å². The number of benzene rings is 1. The molecule has 0 heterocycles. The lowest BCUT2D eigenvalue weighted by Gasteiger charge is -2.35. The second kappa shape index (κ2) is 5.41. The van der Waals surface area contributed by atoms with E-state index in [2.05, 4.69) is 19.9 Å². The van der Waals surface area contributed by atoms with Gasteiger partial charge in [-0.25, -0.2) is 0 Å². The van der Waals surface area contributed by atoms with Gasteiger partial charge in [-0.2, -0.15) is 0 Å². The Hall–Kier alpha value is -0.530. The molecular formula is C15H22ClN. The van der Waals surface area contributed by atoms with Gasteiger partial charge in [-0.15, -0.1) is 0 Å². The molecule has 0 aromatic heterocycles. The maximum Gasteiger partial charge on any atom is 0.0453 e. The van der Waals surface area contributed by atoms with Gasteiger partial charge in [-0.05, 0) is 48.6 Å². The molecule has 1 aliphatic rings. The molecule has 0 spiro atoms. The van der Waals surface area contributed by atoms with Crippen LogP contribution in [-0.4, -0.2) is 0 Å². The summed E-state index contributed by atoms with van der Waals surface area (Å²) in [5.41, 5.74) is 7.52. The van der Waals surface area contributed by atoms with E-state index in [4.69, 9.17) is 17.3 Å². The molecule has 3 unspecified atom stereocenters. The summed E-state index contributed by atoms with van der Waals surface area (Å²) in [5.74, 6) is 2.16. The molecule has 94 valence electrons. The van der Waals surface area contributed by atoms with Crippen LogP contribution in [0.5, 0.6) is 0 Å². The third-order valence-corrected chi connectivity index (χ3v) is 4.33. The predicted molar refractivity (Wildman–Crippen MR) is 74.0 cm³/mol. The molecule has 1 aliphatic carbocycles. The van der Waals surface area contributed by atoms with Gasteiger partial charge < -0.3 is 5.73 Å². The smallest absolute Gasteiger partial charge is 0.0453 e. The molecule has 1 nitrogen and oxygen atoms in total. The third kappa shape index (κ3) is 3.02. The van der Waals surface area contributed by atoms with Gasteiger partial charge >= 0.3 is 0 Å². The zero-order chi connectivity index (χ0) is 12.4. The molecule has 2 N–H and O–H groups in total. The quantitative estimate of drug-likeness (QED) is 0.828. The van der Waals surface area contributed by atoms with Gasteiger partial charge in [0.2, 0.25) is 0 Å². The highest BCUT2D eigenvalue weighted by Gasteiger charge is 2.29. The van der Waals surface area contributed by atoms with E-state index in [0.717, 1.165) is 22.4 Å². The van der Waals surface area contributed by atoms with E-state index in [9.17, 15) is 0 Å². The van der Waals surface area contributed by atoms with Gasteiger partial charge in [0.1, 0.15) is 0 Å². The van der Waals surface area contributed by atoms with E-state index in [1.54, 1.807) is 0 Å². The van der Waals surface area contributed by atoms with Crippen LogP contribution in [0.2, 0.25) is 5.02 Å². The molecular weight excluding hydrogens is 230 g/mol. The van der Waals surface area contributed by atoms with Crippen LogP contribution in [0, 0.1) is 17.8 Å². The fourth-order valence-corrected chi connectivity index (χ4v) is 3.56. The summed E-state index contributed by atoms with van der Waals surface area (Å²) in [5, 5.41) is 0.811. The van der Waals surface area contributed by atoms with E-state index >= 15 is 0 Å². The lowest BCUT2D eigenvalue weighted by molar-refractivity contribution is 0.193. The Kier molecular flexibility index (Phi) is 4.11. The van der Waals surface area contributed by atoms with Gasteiger partial charge in [0.05, 0.1) is 0 Å². The van der Waals surface area contributed by atoms with Crippen molar-refractivity contribution >= 4 is 11.6 Å². The lowest BCUT2D eigenvalue weighted by atomic mass is 9.72. The highest BCUT2D eigenvalue weighted by molar-refractivity contribution is 6.31. The van der Waals surface area contributed by atoms with Crippen LogP contribution in [0.25, 0.3) is 0 Å². The minimum atomic E-state index is 0.0916. The molecule has 1 saturated carbocycles. The van der Waals surface area contributed by atoms with E-state index in [-0.39, 0.29) is 6.04 Å². The highest BCUT2D eigenvalue weighted by Crippen LogP contribution is 2.40. The van der Waals surface area contributed by atoms with E-state index < -0.39 is 0 Å². The summed E-state index contributed by atoms with van der Waals surface area (Å²) in [6, 6.07) is 8.08. The van der Waals surface area contributed by atoms with Crippen LogP contribution >= 0.6 is 11.6 Å². The zero-order valence-electron chi connectivity index (χ0n) is 10.7. The Balaban J connectivity index is 2.14. The normalized spacial score (nSPS) is 31.2. The van der Waals surface area contributed by atoms with E-state index in [1.807, 2.05) is 18.2 Å². The lowest BCUT2D eigenvalue weighted by Crippen LogP contribution is -2.29. The minimum Gasteiger partial charge on any atom is -0.324 e. The number of hydrogen-bond acceptors (Lipinski definition) is 1. The Morgan fingerprint density at radius 3 is 2.29 bits per heavy atom. The first kappa shape index (κ1) is 12.9. The van der Waals surface area contributed by atoms with Crippen molar-refractivity contribution in [3.63, 3.8) is 0 Å². The van der Waals surface area contributed by atoms with Crippen molar-refractivity contribution in [1.29, 1.82) is 0 Å². The predicted octanol–water partition coefficient (Wildman–Crippen LogP) is 4.41. The number of nitrogens with two attached hydrogens (primary N) is 1. The Labute approximate surface area is 109 Å². The summed E-state index contributed by atoms with van der Waals surface area (Å²) in [6.07, 6.45) is 3.80. The third-order valence-electron chi connectivity index (χ3n) is 3.99. The first-order chi connectivity index (χ1) is 8.08. The van der Waals surface area contributed by atoms with Crippen LogP contribution in [-0.2, 0) is 0 Å². The molecule has 17 heavy (non-hydrogen) atoms. The molecule has 1 aromatic carbocycles. The first-order valence-electron chi connectivity index (χ1n) is 6.58. The summed E-state index contributed by atoms with van der Waals surface area (Å²) in [6.45, 7) is 4.67. The molecule has 2 heteroatoms. The Morgan fingerprint density at radius 2 is 1.71 bits per heavy atom. The molecule has 0 aliphatic heterocycles. The van der Waals surface area contributed by atoms with Crippen LogP contribution in [0.4, 0.5) is 0 Å². The maximum absolute atomic E-state index is 6.41. The maximum atomic E-state index is 6.41. The molecule has 0 radical (unpaired) electrons. The fraction of sp³-hybridized carbons (Fsp3) is 0.600.